The van der Waals surface area contributed by atoms with Gasteiger partial charge in [-0.2, -0.15) is 0 Å². The second kappa shape index (κ2) is 7.38. The zero-order chi connectivity index (χ0) is 15.3. The molecule has 0 amide bonds. The van der Waals surface area contributed by atoms with E-state index in [2.05, 4.69) is 5.32 Å². The maximum Gasteiger partial charge on any atom is 0.175 e. The van der Waals surface area contributed by atoms with Crippen LogP contribution in [0.2, 0.25) is 0 Å². The van der Waals surface area contributed by atoms with Gasteiger partial charge in [-0.15, -0.1) is 0 Å². The molecule has 0 saturated carbocycles. The molecule has 1 aromatic carbocycles. The molecule has 1 fully saturated rings. The van der Waals surface area contributed by atoms with Gasteiger partial charge < -0.3 is 10.1 Å². The fourth-order valence-corrected chi connectivity index (χ4v) is 3.48. The fourth-order valence-electron chi connectivity index (χ4n) is 2.85. The first-order chi connectivity index (χ1) is 10.0. The molecule has 0 spiro atoms. The molecule has 0 aromatic heterocycles. The summed E-state index contributed by atoms with van der Waals surface area (Å²) in [6, 6.07) is 7.46. The van der Waals surface area contributed by atoms with Crippen molar-refractivity contribution in [2.24, 2.45) is 0 Å². The first-order valence-corrected chi connectivity index (χ1v) is 9.48. The minimum Gasteiger partial charge on any atom is -0.378 e. The van der Waals surface area contributed by atoms with Gasteiger partial charge >= 0.3 is 0 Å². The minimum atomic E-state index is -3.12. The second-order valence-corrected chi connectivity index (χ2v) is 7.76. The summed E-state index contributed by atoms with van der Waals surface area (Å²) in [4.78, 5) is 0.375. The van der Waals surface area contributed by atoms with E-state index in [0.717, 1.165) is 31.4 Å². The third kappa shape index (κ3) is 4.80. The van der Waals surface area contributed by atoms with Gasteiger partial charge in [-0.1, -0.05) is 12.1 Å². The largest absolute Gasteiger partial charge is 0.378 e. The van der Waals surface area contributed by atoms with E-state index in [0.29, 0.717) is 11.0 Å². The quantitative estimate of drug-likeness (QED) is 0.841. The lowest BCUT2D eigenvalue weighted by Crippen LogP contribution is -2.17. The zero-order valence-electron chi connectivity index (χ0n) is 12.8. The molecular formula is C16H25NO3S. The highest BCUT2D eigenvalue weighted by atomic mass is 32.2. The summed E-state index contributed by atoms with van der Waals surface area (Å²) < 4.78 is 28.6. The highest BCUT2D eigenvalue weighted by molar-refractivity contribution is 7.90. The Balaban J connectivity index is 1.90. The molecule has 118 valence electrons. The Labute approximate surface area is 127 Å². The van der Waals surface area contributed by atoms with E-state index in [1.807, 2.05) is 19.2 Å². The van der Waals surface area contributed by atoms with E-state index < -0.39 is 9.84 Å². The van der Waals surface area contributed by atoms with Crippen LogP contribution in [-0.4, -0.2) is 34.4 Å². The van der Waals surface area contributed by atoms with Gasteiger partial charge in [0.25, 0.3) is 0 Å². The van der Waals surface area contributed by atoms with Crippen LogP contribution < -0.4 is 5.32 Å². The van der Waals surface area contributed by atoms with E-state index in [4.69, 9.17) is 4.74 Å². The molecule has 2 unspecified atom stereocenters. The molecule has 1 aliphatic heterocycles. The summed E-state index contributed by atoms with van der Waals surface area (Å²) in [5.41, 5.74) is 1.14. The number of ether oxygens (including phenoxy) is 1. The van der Waals surface area contributed by atoms with E-state index in [1.54, 1.807) is 12.1 Å². The van der Waals surface area contributed by atoms with Gasteiger partial charge in [-0.05, 0) is 56.8 Å². The number of rotatable bonds is 7. The average molecular weight is 311 g/mol. The molecule has 0 bridgehead atoms. The van der Waals surface area contributed by atoms with Crippen molar-refractivity contribution in [2.75, 3.05) is 19.9 Å². The summed E-state index contributed by atoms with van der Waals surface area (Å²) in [6.07, 6.45) is 7.31. The molecule has 2 rings (SSSR count). The van der Waals surface area contributed by atoms with Gasteiger partial charge in [0, 0.05) is 18.9 Å². The van der Waals surface area contributed by atoms with E-state index in [9.17, 15) is 8.42 Å². The number of hydrogen-bond donors (Lipinski definition) is 1. The smallest absolute Gasteiger partial charge is 0.175 e. The van der Waals surface area contributed by atoms with Crippen molar-refractivity contribution in [3.05, 3.63) is 29.8 Å². The Bertz CT molecular complexity index is 533. The molecule has 1 heterocycles. The summed E-state index contributed by atoms with van der Waals surface area (Å²) in [5, 5.41) is 3.31. The van der Waals surface area contributed by atoms with Crippen molar-refractivity contribution in [2.45, 2.75) is 49.1 Å². The van der Waals surface area contributed by atoms with Crippen molar-refractivity contribution < 1.29 is 13.2 Å². The van der Waals surface area contributed by atoms with Crippen LogP contribution in [0.4, 0.5) is 0 Å². The molecule has 1 aliphatic rings. The van der Waals surface area contributed by atoms with E-state index in [1.165, 1.54) is 19.1 Å². The normalized spacial score (nSPS) is 20.6. The third-order valence-electron chi connectivity index (χ3n) is 4.10. The third-order valence-corrected chi connectivity index (χ3v) is 5.23. The molecule has 1 N–H and O–H groups in total. The van der Waals surface area contributed by atoms with Crippen LogP contribution >= 0.6 is 0 Å². The van der Waals surface area contributed by atoms with Gasteiger partial charge in [0.1, 0.15) is 0 Å². The molecule has 1 saturated heterocycles. The number of hydrogen-bond acceptors (Lipinski definition) is 4. The topological polar surface area (TPSA) is 55.4 Å². The van der Waals surface area contributed by atoms with E-state index >= 15 is 0 Å². The van der Waals surface area contributed by atoms with Crippen LogP contribution in [0.25, 0.3) is 0 Å². The molecule has 1 aromatic rings. The predicted octanol–water partition coefficient (Wildman–Crippen LogP) is 2.70. The second-order valence-electron chi connectivity index (χ2n) is 5.75. The Kier molecular flexibility index (Phi) is 5.79. The molecule has 2 atom stereocenters. The van der Waals surface area contributed by atoms with Crippen molar-refractivity contribution >= 4 is 9.84 Å². The van der Waals surface area contributed by atoms with Gasteiger partial charge in [0.15, 0.2) is 9.84 Å². The lowest BCUT2D eigenvalue weighted by atomic mass is 9.99. The molecule has 21 heavy (non-hydrogen) atoms. The molecule has 0 aliphatic carbocycles. The van der Waals surface area contributed by atoms with Crippen molar-refractivity contribution in [3.8, 4) is 0 Å². The first-order valence-electron chi connectivity index (χ1n) is 7.59. The SMILES string of the molecule is CNC(CCCC1CCCO1)c1ccc(S(C)(=O)=O)cc1. The Morgan fingerprint density at radius 3 is 2.57 bits per heavy atom. The Hall–Kier alpha value is -0.910. The van der Waals surface area contributed by atoms with Crippen LogP contribution in [0, 0.1) is 0 Å². The van der Waals surface area contributed by atoms with E-state index in [-0.39, 0.29) is 6.04 Å². The first kappa shape index (κ1) is 16.5. The van der Waals surface area contributed by atoms with Crippen LogP contribution in [0.5, 0.6) is 0 Å². The standard InChI is InChI=1S/C16H25NO3S/c1-17-16(7-3-5-14-6-4-12-20-14)13-8-10-15(11-9-13)21(2,18)19/h8-11,14,16-17H,3-7,12H2,1-2H3. The Morgan fingerprint density at radius 2 is 2.05 bits per heavy atom. The summed E-state index contributed by atoms with van der Waals surface area (Å²) in [7, 11) is -1.17. The van der Waals surface area contributed by atoms with Gasteiger partial charge in [0.2, 0.25) is 0 Å². The molecule has 0 radical (unpaired) electrons. The maximum atomic E-state index is 11.5. The van der Waals surface area contributed by atoms with Crippen molar-refractivity contribution in [1.29, 1.82) is 0 Å². The van der Waals surface area contributed by atoms with Crippen LogP contribution in [0.3, 0.4) is 0 Å². The van der Waals surface area contributed by atoms with Crippen LogP contribution in [-0.2, 0) is 14.6 Å². The van der Waals surface area contributed by atoms with Crippen LogP contribution in [0.15, 0.2) is 29.2 Å². The fraction of sp³-hybridized carbons (Fsp3) is 0.625. The van der Waals surface area contributed by atoms with Gasteiger partial charge in [0.05, 0.1) is 11.0 Å². The van der Waals surface area contributed by atoms with Gasteiger partial charge in [-0.25, -0.2) is 8.42 Å². The number of sulfone groups is 1. The van der Waals surface area contributed by atoms with Crippen LogP contribution in [0.1, 0.15) is 43.7 Å². The average Bonchev–Trinajstić information content (AvgIpc) is 2.96. The number of benzene rings is 1. The summed E-state index contributed by atoms with van der Waals surface area (Å²) >= 11 is 0. The summed E-state index contributed by atoms with van der Waals surface area (Å²) in [6.45, 7) is 0.910. The minimum absolute atomic E-state index is 0.264. The monoisotopic (exact) mass is 311 g/mol. The summed E-state index contributed by atoms with van der Waals surface area (Å²) in [5.74, 6) is 0. The molecular weight excluding hydrogens is 286 g/mol. The van der Waals surface area contributed by atoms with Gasteiger partial charge in [-0.3, -0.25) is 0 Å². The lowest BCUT2D eigenvalue weighted by Gasteiger charge is -2.18. The highest BCUT2D eigenvalue weighted by Crippen LogP contribution is 2.24. The predicted molar refractivity (Wildman–Crippen MR) is 84.2 cm³/mol. The Morgan fingerprint density at radius 1 is 1.33 bits per heavy atom. The highest BCUT2D eigenvalue weighted by Gasteiger charge is 2.16. The maximum absolute atomic E-state index is 11.5. The molecule has 4 nitrogen and oxygen atoms in total. The van der Waals surface area contributed by atoms with Crippen molar-refractivity contribution in [3.63, 3.8) is 0 Å². The molecule has 5 heteroatoms. The van der Waals surface area contributed by atoms with Crippen molar-refractivity contribution in [1.82, 2.24) is 5.32 Å². The zero-order valence-corrected chi connectivity index (χ0v) is 13.7. The lowest BCUT2D eigenvalue weighted by molar-refractivity contribution is 0.101. The number of nitrogens with one attached hydrogen (secondary N) is 1.